The number of hydrazone groups is 1. The summed E-state index contributed by atoms with van der Waals surface area (Å²) >= 11 is 0. The van der Waals surface area contributed by atoms with Crippen molar-refractivity contribution in [2.75, 3.05) is 23.2 Å². The lowest BCUT2D eigenvalue weighted by Crippen LogP contribution is -2.09. The maximum atomic E-state index is 12.6. The molecule has 1 aromatic heterocycles. The Bertz CT molecular complexity index is 1600. The number of nitrogens with zero attached hydrogens (tertiary/aromatic N) is 4. The van der Waals surface area contributed by atoms with E-state index in [2.05, 4.69) is 36.1 Å². The number of carbonyl (C=O) groups excluding carboxylic acids is 1. The molecule has 0 unspecified atom stereocenters. The Morgan fingerprint density at radius 2 is 1.37 bits per heavy atom. The number of methoxy groups -OCH3 is 1. The second kappa shape index (κ2) is 12.9. The number of hydrogen-bond donors (Lipinski definition) is 3. The number of ether oxygens (including phenoxy) is 2. The topological polar surface area (TPSA) is 123 Å². The van der Waals surface area contributed by atoms with Crippen molar-refractivity contribution in [2.45, 2.75) is 6.92 Å². The van der Waals surface area contributed by atoms with E-state index in [0.29, 0.717) is 34.5 Å². The number of anilines is 5. The van der Waals surface area contributed by atoms with Gasteiger partial charge >= 0.3 is 5.97 Å². The van der Waals surface area contributed by atoms with Gasteiger partial charge in [0, 0.05) is 11.4 Å². The van der Waals surface area contributed by atoms with Gasteiger partial charge in [-0.1, -0.05) is 54.1 Å². The molecule has 0 saturated heterocycles. The van der Waals surface area contributed by atoms with Crippen LogP contribution in [0.3, 0.4) is 0 Å². The summed E-state index contributed by atoms with van der Waals surface area (Å²) in [7, 11) is 1.51. The molecule has 0 spiro atoms. The smallest absolute Gasteiger partial charge is 0.343 e. The summed E-state index contributed by atoms with van der Waals surface area (Å²) in [6.45, 7) is 1.91. The van der Waals surface area contributed by atoms with Crippen molar-refractivity contribution in [3.63, 3.8) is 0 Å². The van der Waals surface area contributed by atoms with Gasteiger partial charge in [-0.2, -0.15) is 20.1 Å². The zero-order valence-corrected chi connectivity index (χ0v) is 22.4. The SMILES string of the molecule is COc1cc(C=NNc2nc(Nc3ccccc3)nc(Nc3ccccc3)n2)ccc1OC(=O)c1cccc(C)c1. The van der Waals surface area contributed by atoms with Gasteiger partial charge in [0.15, 0.2) is 11.5 Å². The highest BCUT2D eigenvalue weighted by atomic mass is 16.6. The Kier molecular flexibility index (Phi) is 8.41. The summed E-state index contributed by atoms with van der Waals surface area (Å²) < 4.78 is 11.0. The minimum absolute atomic E-state index is 0.226. The molecule has 0 atom stereocenters. The Morgan fingerprint density at radius 1 is 0.732 bits per heavy atom. The third-order valence-electron chi connectivity index (χ3n) is 5.72. The number of aryl methyl sites for hydroxylation is 1. The molecule has 0 aliphatic heterocycles. The van der Waals surface area contributed by atoms with Gasteiger partial charge in [0.1, 0.15) is 0 Å². The van der Waals surface area contributed by atoms with Crippen LogP contribution in [0, 0.1) is 6.92 Å². The third-order valence-corrected chi connectivity index (χ3v) is 5.72. The molecule has 0 aliphatic rings. The molecule has 0 aliphatic carbocycles. The van der Waals surface area contributed by atoms with Crippen molar-refractivity contribution < 1.29 is 14.3 Å². The van der Waals surface area contributed by atoms with Crippen LogP contribution in [0.5, 0.6) is 11.5 Å². The van der Waals surface area contributed by atoms with E-state index < -0.39 is 5.97 Å². The highest BCUT2D eigenvalue weighted by Gasteiger charge is 2.13. The molecule has 0 radical (unpaired) electrons. The molecule has 5 aromatic rings. The van der Waals surface area contributed by atoms with Crippen LogP contribution in [-0.2, 0) is 0 Å². The zero-order valence-electron chi connectivity index (χ0n) is 22.4. The molecule has 10 nitrogen and oxygen atoms in total. The highest BCUT2D eigenvalue weighted by Crippen LogP contribution is 2.28. The summed E-state index contributed by atoms with van der Waals surface area (Å²) in [5, 5.41) is 10.6. The predicted molar refractivity (Wildman–Crippen MR) is 160 cm³/mol. The fraction of sp³-hybridized carbons (Fsp3) is 0.0645. The van der Waals surface area contributed by atoms with E-state index in [9.17, 15) is 4.79 Å². The lowest BCUT2D eigenvalue weighted by atomic mass is 10.1. The number of nitrogens with one attached hydrogen (secondary N) is 3. The Balaban J connectivity index is 1.32. The van der Waals surface area contributed by atoms with Gasteiger partial charge in [0.05, 0.1) is 18.9 Å². The number of rotatable bonds is 10. The van der Waals surface area contributed by atoms with Gasteiger partial charge in [-0.15, -0.1) is 0 Å². The predicted octanol–water partition coefficient (Wildman–Crippen LogP) is 6.34. The lowest BCUT2D eigenvalue weighted by molar-refractivity contribution is 0.0729. The van der Waals surface area contributed by atoms with E-state index in [1.807, 2.05) is 79.7 Å². The van der Waals surface area contributed by atoms with E-state index in [0.717, 1.165) is 16.9 Å². The fourth-order valence-electron chi connectivity index (χ4n) is 3.78. The minimum Gasteiger partial charge on any atom is -0.493 e. The Labute approximate surface area is 237 Å². The van der Waals surface area contributed by atoms with Crippen LogP contribution < -0.4 is 25.5 Å². The third kappa shape index (κ3) is 7.42. The molecule has 4 aromatic carbocycles. The van der Waals surface area contributed by atoms with Crippen LogP contribution in [0.4, 0.5) is 29.2 Å². The zero-order chi connectivity index (χ0) is 28.4. The average Bonchev–Trinajstić information content (AvgIpc) is 2.99. The first kappa shape index (κ1) is 26.8. The van der Waals surface area contributed by atoms with Crippen molar-refractivity contribution in [3.05, 3.63) is 120 Å². The van der Waals surface area contributed by atoms with Crippen LogP contribution in [0.1, 0.15) is 21.5 Å². The maximum Gasteiger partial charge on any atom is 0.343 e. The van der Waals surface area contributed by atoms with Gasteiger partial charge in [0.25, 0.3) is 0 Å². The quantitative estimate of drug-likeness (QED) is 0.0798. The summed E-state index contributed by atoms with van der Waals surface area (Å²) in [5.41, 5.74) is 6.64. The van der Waals surface area contributed by atoms with Crippen LogP contribution >= 0.6 is 0 Å². The molecular formula is C31H27N7O3. The van der Waals surface area contributed by atoms with E-state index >= 15 is 0 Å². The molecule has 0 amide bonds. The number of hydrogen-bond acceptors (Lipinski definition) is 10. The summed E-state index contributed by atoms with van der Waals surface area (Å²) in [6, 6.07) is 31.5. The molecule has 5 rings (SSSR count). The van der Waals surface area contributed by atoms with Gasteiger partial charge in [-0.25, -0.2) is 10.2 Å². The average molecular weight is 546 g/mol. The highest BCUT2D eigenvalue weighted by molar-refractivity contribution is 5.92. The van der Waals surface area contributed by atoms with Crippen molar-refractivity contribution in [1.82, 2.24) is 15.0 Å². The van der Waals surface area contributed by atoms with E-state index in [1.54, 1.807) is 36.5 Å². The molecular weight excluding hydrogens is 518 g/mol. The second-order valence-electron chi connectivity index (χ2n) is 8.83. The number of benzene rings is 4. The normalized spacial score (nSPS) is 10.7. The number of para-hydroxylation sites is 2. The molecule has 41 heavy (non-hydrogen) atoms. The molecule has 0 fully saturated rings. The first-order valence-electron chi connectivity index (χ1n) is 12.7. The second-order valence-corrected chi connectivity index (χ2v) is 8.83. The van der Waals surface area contributed by atoms with Crippen molar-refractivity contribution in [3.8, 4) is 11.5 Å². The standard InChI is InChI=1S/C31H27N7O3/c1-21-10-9-11-23(18-21)28(39)41-26-17-16-22(19-27(26)40-2)20-32-38-31-36-29(33-24-12-5-3-6-13-24)35-30(37-31)34-25-14-7-4-8-15-25/h3-20H,1-2H3,(H3,33,34,35,36,37,38). The van der Waals surface area contributed by atoms with Crippen molar-refractivity contribution in [1.29, 1.82) is 0 Å². The van der Waals surface area contributed by atoms with Gasteiger partial charge in [-0.05, 0) is 67.1 Å². The minimum atomic E-state index is -0.468. The molecule has 0 bridgehead atoms. The van der Waals surface area contributed by atoms with E-state index in [1.165, 1.54) is 7.11 Å². The Morgan fingerprint density at radius 3 is 1.98 bits per heavy atom. The van der Waals surface area contributed by atoms with Crippen LogP contribution in [0.25, 0.3) is 0 Å². The van der Waals surface area contributed by atoms with Crippen LogP contribution in [-0.4, -0.2) is 34.2 Å². The summed E-state index contributed by atoms with van der Waals surface area (Å²) in [4.78, 5) is 25.9. The largest absolute Gasteiger partial charge is 0.493 e. The molecule has 204 valence electrons. The Hall–Kier alpha value is -5.77. The first-order valence-corrected chi connectivity index (χ1v) is 12.7. The van der Waals surface area contributed by atoms with Crippen LogP contribution in [0.15, 0.2) is 108 Å². The fourth-order valence-corrected chi connectivity index (χ4v) is 3.78. The molecule has 0 saturated carbocycles. The van der Waals surface area contributed by atoms with Gasteiger partial charge < -0.3 is 20.1 Å². The van der Waals surface area contributed by atoms with Gasteiger partial charge in [-0.3, -0.25) is 0 Å². The summed E-state index contributed by atoms with van der Waals surface area (Å²) in [6.07, 6.45) is 1.58. The maximum absolute atomic E-state index is 12.6. The molecule has 3 N–H and O–H groups in total. The monoisotopic (exact) mass is 545 g/mol. The first-order chi connectivity index (χ1) is 20.1. The van der Waals surface area contributed by atoms with Gasteiger partial charge in [0.2, 0.25) is 17.8 Å². The van der Waals surface area contributed by atoms with E-state index in [4.69, 9.17) is 9.47 Å². The summed E-state index contributed by atoms with van der Waals surface area (Å²) in [5.74, 6) is 1.12. The van der Waals surface area contributed by atoms with Crippen LogP contribution in [0.2, 0.25) is 0 Å². The van der Waals surface area contributed by atoms with E-state index in [-0.39, 0.29) is 5.95 Å². The van der Waals surface area contributed by atoms with Crippen molar-refractivity contribution >= 4 is 41.4 Å². The molecule has 1 heterocycles. The number of aromatic nitrogens is 3. The lowest BCUT2D eigenvalue weighted by Gasteiger charge is -2.11. The number of esters is 1. The van der Waals surface area contributed by atoms with Crippen molar-refractivity contribution in [2.24, 2.45) is 5.10 Å². The number of carbonyl (C=O) groups is 1. The molecule has 10 heteroatoms.